The first-order valence-electron chi connectivity index (χ1n) is 5.42. The summed E-state index contributed by atoms with van der Waals surface area (Å²) in [5.41, 5.74) is 0.830. The number of carbonyl (C=O) groups is 1. The lowest BCUT2D eigenvalue weighted by atomic mass is 10.2. The molecule has 0 unspecified atom stereocenters. The zero-order valence-electron chi connectivity index (χ0n) is 10.6. The Labute approximate surface area is 115 Å². The van der Waals surface area contributed by atoms with Gasteiger partial charge in [-0.1, -0.05) is 22.0 Å². The highest BCUT2D eigenvalue weighted by Gasteiger charge is 2.17. The quantitative estimate of drug-likeness (QED) is 0.840. The molecule has 0 spiro atoms. The van der Waals surface area contributed by atoms with Crippen LogP contribution in [-0.4, -0.2) is 11.7 Å². The van der Waals surface area contributed by atoms with Crippen molar-refractivity contribution in [3.8, 4) is 0 Å². The molecule has 0 saturated heterocycles. The van der Waals surface area contributed by atoms with Gasteiger partial charge in [0.15, 0.2) is 0 Å². The summed E-state index contributed by atoms with van der Waals surface area (Å²) in [6.07, 6.45) is -0.515. The average molecular weight is 317 g/mol. The summed E-state index contributed by atoms with van der Waals surface area (Å²) in [7, 11) is 0. The van der Waals surface area contributed by atoms with Gasteiger partial charge < -0.3 is 4.74 Å². The maximum absolute atomic E-state index is 11.7. The number of hydrogen-bond acceptors (Lipinski definition) is 4. The fourth-order valence-corrected chi connectivity index (χ4v) is 1.66. The van der Waals surface area contributed by atoms with Crippen molar-refractivity contribution in [2.24, 2.45) is 5.90 Å². The second kappa shape index (κ2) is 6.17. The van der Waals surface area contributed by atoms with E-state index in [9.17, 15) is 4.79 Å². The third-order valence-electron chi connectivity index (χ3n) is 1.95. The highest BCUT2D eigenvalue weighted by molar-refractivity contribution is 9.10. The Bertz CT molecular complexity index is 430. The molecule has 5 nitrogen and oxygen atoms in total. The predicted octanol–water partition coefficient (Wildman–Crippen LogP) is 3.19. The standard InChI is InChI=1S/C12H17BrN2O3/c1-12(2,3)18-11(16)15-10-6-9(13)5-4-8(10)7-17-14/h4-6H,7,14H2,1-3H3,(H,15,16). The lowest BCUT2D eigenvalue weighted by Crippen LogP contribution is -2.27. The van der Waals surface area contributed by atoms with Crippen LogP contribution in [0.25, 0.3) is 0 Å². The van der Waals surface area contributed by atoms with E-state index < -0.39 is 11.7 Å². The van der Waals surface area contributed by atoms with Crippen molar-refractivity contribution < 1.29 is 14.4 Å². The molecule has 0 fully saturated rings. The van der Waals surface area contributed by atoms with Crippen LogP contribution in [0.5, 0.6) is 0 Å². The van der Waals surface area contributed by atoms with Gasteiger partial charge in [0.05, 0.1) is 12.3 Å². The van der Waals surface area contributed by atoms with Crippen LogP contribution in [-0.2, 0) is 16.2 Å². The monoisotopic (exact) mass is 316 g/mol. The number of carbonyl (C=O) groups excluding carboxylic acids is 1. The fourth-order valence-electron chi connectivity index (χ4n) is 1.29. The molecule has 18 heavy (non-hydrogen) atoms. The summed E-state index contributed by atoms with van der Waals surface area (Å²) in [6.45, 7) is 5.62. The first-order valence-corrected chi connectivity index (χ1v) is 6.21. The lowest BCUT2D eigenvalue weighted by Gasteiger charge is -2.20. The molecule has 0 atom stereocenters. The van der Waals surface area contributed by atoms with Crippen molar-refractivity contribution in [1.82, 2.24) is 0 Å². The molecule has 0 aliphatic heterocycles. The van der Waals surface area contributed by atoms with Crippen LogP contribution >= 0.6 is 15.9 Å². The van der Waals surface area contributed by atoms with Gasteiger partial charge in [-0.25, -0.2) is 10.7 Å². The summed E-state index contributed by atoms with van der Waals surface area (Å²) < 4.78 is 6.02. The van der Waals surface area contributed by atoms with Crippen LogP contribution in [0.3, 0.4) is 0 Å². The van der Waals surface area contributed by atoms with Crippen LogP contribution in [0.1, 0.15) is 26.3 Å². The summed E-state index contributed by atoms with van der Waals surface area (Å²) in [4.78, 5) is 16.3. The smallest absolute Gasteiger partial charge is 0.412 e. The second-order valence-electron chi connectivity index (χ2n) is 4.74. The van der Waals surface area contributed by atoms with Crippen molar-refractivity contribution in [2.75, 3.05) is 5.32 Å². The molecule has 1 aromatic carbocycles. The second-order valence-corrected chi connectivity index (χ2v) is 5.66. The number of nitrogens with one attached hydrogen (secondary N) is 1. The highest BCUT2D eigenvalue weighted by Crippen LogP contribution is 2.22. The highest BCUT2D eigenvalue weighted by atomic mass is 79.9. The third-order valence-corrected chi connectivity index (χ3v) is 2.44. The molecule has 1 aromatic rings. The summed E-state index contributed by atoms with van der Waals surface area (Å²) in [5, 5.41) is 2.67. The molecule has 3 N–H and O–H groups in total. The Morgan fingerprint density at radius 2 is 2.11 bits per heavy atom. The van der Waals surface area contributed by atoms with Crippen molar-refractivity contribution in [1.29, 1.82) is 0 Å². The van der Waals surface area contributed by atoms with Crippen molar-refractivity contribution >= 4 is 27.7 Å². The van der Waals surface area contributed by atoms with Gasteiger partial charge in [-0.15, -0.1) is 0 Å². The summed E-state index contributed by atoms with van der Waals surface area (Å²) in [5.74, 6) is 5.04. The van der Waals surface area contributed by atoms with Crippen LogP contribution in [0.4, 0.5) is 10.5 Å². The number of nitrogens with two attached hydrogens (primary N) is 1. The Morgan fingerprint density at radius 3 is 2.67 bits per heavy atom. The minimum atomic E-state index is -0.541. The number of anilines is 1. The Kier molecular flexibility index (Phi) is 5.13. The molecule has 0 aromatic heterocycles. The predicted molar refractivity (Wildman–Crippen MR) is 73.0 cm³/mol. The molecule has 0 saturated carbocycles. The van der Waals surface area contributed by atoms with Crippen LogP contribution in [0, 0.1) is 0 Å². The van der Waals surface area contributed by atoms with Crippen molar-refractivity contribution in [2.45, 2.75) is 33.0 Å². The molecule has 1 amide bonds. The third kappa shape index (κ3) is 5.03. The topological polar surface area (TPSA) is 73.6 Å². The molecule has 0 aliphatic carbocycles. The minimum absolute atomic E-state index is 0.207. The average Bonchev–Trinajstić information content (AvgIpc) is 2.19. The molecule has 0 radical (unpaired) electrons. The van der Waals surface area contributed by atoms with Crippen molar-refractivity contribution in [3.63, 3.8) is 0 Å². The maximum atomic E-state index is 11.7. The molecule has 0 bridgehead atoms. The Balaban J connectivity index is 2.82. The molecular weight excluding hydrogens is 300 g/mol. The first-order chi connectivity index (χ1) is 8.31. The Morgan fingerprint density at radius 1 is 1.44 bits per heavy atom. The SMILES string of the molecule is CC(C)(C)OC(=O)Nc1cc(Br)ccc1CON. The van der Waals surface area contributed by atoms with Gasteiger partial charge in [-0.3, -0.25) is 10.2 Å². The molecule has 0 heterocycles. The van der Waals surface area contributed by atoms with Gasteiger partial charge >= 0.3 is 6.09 Å². The summed E-state index contributed by atoms with van der Waals surface area (Å²) in [6, 6.07) is 5.41. The van der Waals surface area contributed by atoms with E-state index in [1.807, 2.05) is 12.1 Å². The maximum Gasteiger partial charge on any atom is 0.412 e. The minimum Gasteiger partial charge on any atom is -0.444 e. The zero-order valence-corrected chi connectivity index (χ0v) is 12.2. The van der Waals surface area contributed by atoms with E-state index in [1.165, 1.54) is 0 Å². The molecule has 100 valence electrons. The Hall–Kier alpha value is -1.11. The molecular formula is C12H17BrN2O3. The number of halogens is 1. The van der Waals surface area contributed by atoms with E-state index in [1.54, 1.807) is 26.8 Å². The number of hydrogen-bond donors (Lipinski definition) is 2. The van der Waals surface area contributed by atoms with Gasteiger partial charge in [-0.2, -0.15) is 0 Å². The number of rotatable bonds is 3. The van der Waals surface area contributed by atoms with E-state index >= 15 is 0 Å². The van der Waals surface area contributed by atoms with E-state index in [-0.39, 0.29) is 6.61 Å². The van der Waals surface area contributed by atoms with Gasteiger partial charge in [0.1, 0.15) is 5.60 Å². The molecule has 0 aliphatic rings. The number of benzene rings is 1. The van der Waals surface area contributed by atoms with Crippen LogP contribution in [0.2, 0.25) is 0 Å². The van der Waals surface area contributed by atoms with Gasteiger partial charge in [0, 0.05) is 10.0 Å². The van der Waals surface area contributed by atoms with Crippen LogP contribution < -0.4 is 11.2 Å². The van der Waals surface area contributed by atoms with E-state index in [0.29, 0.717) is 5.69 Å². The zero-order chi connectivity index (χ0) is 13.8. The lowest BCUT2D eigenvalue weighted by molar-refractivity contribution is 0.0635. The number of ether oxygens (including phenoxy) is 1. The van der Waals surface area contributed by atoms with Crippen LogP contribution in [0.15, 0.2) is 22.7 Å². The van der Waals surface area contributed by atoms with Crippen molar-refractivity contribution in [3.05, 3.63) is 28.2 Å². The number of amides is 1. The molecule has 1 rings (SSSR count). The van der Waals surface area contributed by atoms with E-state index in [0.717, 1.165) is 10.0 Å². The van der Waals surface area contributed by atoms with E-state index in [2.05, 4.69) is 26.1 Å². The first kappa shape index (κ1) is 14.9. The molecule has 6 heteroatoms. The van der Waals surface area contributed by atoms with Gasteiger partial charge in [0.25, 0.3) is 0 Å². The fraction of sp³-hybridized carbons (Fsp3) is 0.417. The normalized spacial score (nSPS) is 11.2. The summed E-state index contributed by atoms with van der Waals surface area (Å²) >= 11 is 3.33. The van der Waals surface area contributed by atoms with Gasteiger partial charge in [0.2, 0.25) is 0 Å². The largest absolute Gasteiger partial charge is 0.444 e. The van der Waals surface area contributed by atoms with Gasteiger partial charge in [-0.05, 0) is 32.9 Å². The van der Waals surface area contributed by atoms with E-state index in [4.69, 9.17) is 10.6 Å².